The highest BCUT2D eigenvalue weighted by molar-refractivity contribution is 7.09. The van der Waals surface area contributed by atoms with Crippen molar-refractivity contribution in [2.45, 2.75) is 0 Å². The zero-order chi connectivity index (χ0) is 9.26. The lowest BCUT2D eigenvalue weighted by Gasteiger charge is -1.96. The first-order chi connectivity index (χ1) is 6.27. The van der Waals surface area contributed by atoms with Crippen molar-refractivity contribution in [3.05, 3.63) is 12.5 Å². The van der Waals surface area contributed by atoms with Crippen LogP contribution >= 0.6 is 11.5 Å². The number of anilines is 2. The maximum atomic E-state index is 5.59. The third-order valence-corrected chi connectivity index (χ3v) is 1.97. The summed E-state index contributed by atoms with van der Waals surface area (Å²) in [5.41, 5.74) is 11.6. The molecular formula is C6H6N6S. The molecule has 0 saturated carbocycles. The molecule has 0 radical (unpaired) electrons. The summed E-state index contributed by atoms with van der Waals surface area (Å²) >= 11 is 1.11. The summed E-state index contributed by atoms with van der Waals surface area (Å²) in [5.74, 6) is 0.827. The molecule has 7 heteroatoms. The first kappa shape index (κ1) is 7.87. The van der Waals surface area contributed by atoms with Crippen molar-refractivity contribution < 1.29 is 0 Å². The lowest BCUT2D eigenvalue weighted by atomic mass is 10.3. The smallest absolute Gasteiger partial charge is 0.200 e. The van der Waals surface area contributed by atoms with E-state index in [4.69, 9.17) is 11.5 Å². The van der Waals surface area contributed by atoms with Gasteiger partial charge in [0, 0.05) is 17.7 Å². The van der Waals surface area contributed by atoms with Crippen LogP contribution in [0.2, 0.25) is 0 Å². The number of nitrogens with zero attached hydrogens (tertiary/aromatic N) is 4. The Bertz CT molecular complexity index is 425. The minimum Gasteiger partial charge on any atom is -0.383 e. The van der Waals surface area contributed by atoms with Gasteiger partial charge in [-0.15, -0.1) is 0 Å². The maximum absolute atomic E-state index is 5.59. The van der Waals surface area contributed by atoms with E-state index in [1.165, 1.54) is 6.33 Å². The largest absolute Gasteiger partial charge is 0.383 e. The van der Waals surface area contributed by atoms with E-state index in [-0.39, 0.29) is 0 Å². The fourth-order valence-electron chi connectivity index (χ4n) is 0.856. The van der Waals surface area contributed by atoms with Crippen LogP contribution in [0.25, 0.3) is 11.4 Å². The molecule has 2 aromatic rings. The number of aromatic nitrogens is 4. The normalized spacial score (nSPS) is 10.2. The summed E-state index contributed by atoms with van der Waals surface area (Å²) in [7, 11) is 0. The molecule has 13 heavy (non-hydrogen) atoms. The Kier molecular flexibility index (Phi) is 1.78. The fraction of sp³-hybridized carbons (Fsp3) is 0. The average molecular weight is 194 g/mol. The molecule has 4 N–H and O–H groups in total. The average Bonchev–Trinajstić information content (AvgIpc) is 2.53. The van der Waals surface area contributed by atoms with Crippen molar-refractivity contribution in [1.82, 2.24) is 19.3 Å². The minimum atomic E-state index is 0.354. The molecule has 0 spiro atoms. The van der Waals surface area contributed by atoms with Gasteiger partial charge in [0.1, 0.15) is 12.1 Å². The van der Waals surface area contributed by atoms with Gasteiger partial charge in [0.05, 0.1) is 5.56 Å². The van der Waals surface area contributed by atoms with Crippen LogP contribution in [-0.2, 0) is 0 Å². The predicted molar refractivity (Wildman–Crippen MR) is 49.8 cm³/mol. The molecule has 0 fully saturated rings. The van der Waals surface area contributed by atoms with Crippen molar-refractivity contribution in [3.63, 3.8) is 0 Å². The number of rotatable bonds is 1. The zero-order valence-corrected chi connectivity index (χ0v) is 7.32. The molecule has 0 amide bonds. The second-order valence-electron chi connectivity index (χ2n) is 2.28. The SMILES string of the molecule is Nc1nc(-c2cncnc2N)ns1. The first-order valence-electron chi connectivity index (χ1n) is 3.42. The summed E-state index contributed by atoms with van der Waals surface area (Å²) < 4.78 is 3.99. The van der Waals surface area contributed by atoms with Crippen LogP contribution in [-0.4, -0.2) is 19.3 Å². The van der Waals surface area contributed by atoms with Gasteiger partial charge in [-0.3, -0.25) is 0 Å². The van der Waals surface area contributed by atoms with Crippen molar-refractivity contribution in [2.75, 3.05) is 11.5 Å². The fourth-order valence-corrected chi connectivity index (χ4v) is 1.30. The second-order valence-corrected chi connectivity index (χ2v) is 3.06. The van der Waals surface area contributed by atoms with Gasteiger partial charge in [-0.05, 0) is 0 Å². The van der Waals surface area contributed by atoms with Gasteiger partial charge in [-0.1, -0.05) is 0 Å². The van der Waals surface area contributed by atoms with Crippen LogP contribution in [0.4, 0.5) is 10.9 Å². The predicted octanol–water partition coefficient (Wildman–Crippen LogP) is 0.159. The van der Waals surface area contributed by atoms with E-state index in [0.717, 1.165) is 11.5 Å². The summed E-state index contributed by atoms with van der Waals surface area (Å²) in [6.07, 6.45) is 2.93. The molecule has 2 heterocycles. The van der Waals surface area contributed by atoms with E-state index in [2.05, 4.69) is 19.3 Å². The highest BCUT2D eigenvalue weighted by Gasteiger charge is 2.08. The molecule has 0 atom stereocenters. The summed E-state index contributed by atoms with van der Waals surface area (Å²) in [6.45, 7) is 0. The van der Waals surface area contributed by atoms with E-state index in [9.17, 15) is 0 Å². The molecule has 0 aromatic carbocycles. The Hall–Kier alpha value is -1.76. The van der Waals surface area contributed by atoms with Crippen molar-refractivity contribution in [2.24, 2.45) is 0 Å². The van der Waals surface area contributed by atoms with E-state index in [1.54, 1.807) is 6.20 Å². The molecule has 0 unspecified atom stereocenters. The Morgan fingerprint density at radius 1 is 1.31 bits per heavy atom. The monoisotopic (exact) mass is 194 g/mol. The summed E-state index contributed by atoms with van der Waals surface area (Å²) in [6, 6.07) is 0. The Labute approximate surface area is 77.8 Å². The van der Waals surface area contributed by atoms with Crippen molar-refractivity contribution >= 4 is 22.5 Å². The zero-order valence-electron chi connectivity index (χ0n) is 6.51. The molecule has 0 bridgehead atoms. The highest BCUT2D eigenvalue weighted by Crippen LogP contribution is 2.21. The van der Waals surface area contributed by atoms with Gasteiger partial charge in [-0.2, -0.15) is 9.36 Å². The number of hydrogen-bond donors (Lipinski definition) is 2. The topological polar surface area (TPSA) is 104 Å². The van der Waals surface area contributed by atoms with Crippen LogP contribution in [0.5, 0.6) is 0 Å². The van der Waals surface area contributed by atoms with Gasteiger partial charge in [0.2, 0.25) is 0 Å². The van der Waals surface area contributed by atoms with E-state index in [0.29, 0.717) is 22.3 Å². The molecule has 2 aromatic heterocycles. The van der Waals surface area contributed by atoms with E-state index in [1.807, 2.05) is 0 Å². The molecule has 0 aliphatic heterocycles. The molecule has 2 rings (SSSR count). The third kappa shape index (κ3) is 1.41. The Balaban J connectivity index is 2.52. The summed E-state index contributed by atoms with van der Waals surface area (Å²) in [5, 5.41) is 0.401. The van der Waals surface area contributed by atoms with Crippen molar-refractivity contribution in [1.29, 1.82) is 0 Å². The standard InChI is InChI=1S/C6H6N6S/c7-4-3(1-9-2-10-4)5-11-6(8)13-12-5/h1-2H,(H2,7,9,10)(H2,8,11,12). The highest BCUT2D eigenvalue weighted by atomic mass is 32.1. The molecule has 6 nitrogen and oxygen atoms in total. The molecule has 66 valence electrons. The van der Waals surface area contributed by atoms with Crippen LogP contribution in [0.1, 0.15) is 0 Å². The van der Waals surface area contributed by atoms with Crippen LogP contribution in [0.3, 0.4) is 0 Å². The summed E-state index contributed by atoms with van der Waals surface area (Å²) in [4.78, 5) is 11.6. The number of nitrogen functional groups attached to an aromatic ring is 2. The Morgan fingerprint density at radius 3 is 2.77 bits per heavy atom. The number of hydrogen-bond acceptors (Lipinski definition) is 7. The first-order valence-corrected chi connectivity index (χ1v) is 4.20. The van der Waals surface area contributed by atoms with Gasteiger partial charge < -0.3 is 11.5 Å². The van der Waals surface area contributed by atoms with Crippen LogP contribution in [0.15, 0.2) is 12.5 Å². The van der Waals surface area contributed by atoms with Gasteiger partial charge in [-0.25, -0.2) is 9.97 Å². The Morgan fingerprint density at radius 2 is 2.15 bits per heavy atom. The van der Waals surface area contributed by atoms with Crippen molar-refractivity contribution in [3.8, 4) is 11.4 Å². The number of nitrogens with two attached hydrogens (primary N) is 2. The molecular weight excluding hydrogens is 188 g/mol. The minimum absolute atomic E-state index is 0.354. The third-order valence-electron chi connectivity index (χ3n) is 1.43. The second kappa shape index (κ2) is 2.94. The van der Waals surface area contributed by atoms with Gasteiger partial charge in [0.25, 0.3) is 0 Å². The molecule has 0 aliphatic rings. The van der Waals surface area contributed by atoms with Crippen LogP contribution < -0.4 is 11.5 Å². The molecule has 0 aliphatic carbocycles. The maximum Gasteiger partial charge on any atom is 0.200 e. The van der Waals surface area contributed by atoms with E-state index < -0.39 is 0 Å². The van der Waals surface area contributed by atoms with Gasteiger partial charge in [0.15, 0.2) is 11.0 Å². The molecule has 0 saturated heterocycles. The lowest BCUT2D eigenvalue weighted by molar-refractivity contribution is 1.16. The lowest BCUT2D eigenvalue weighted by Crippen LogP contribution is -1.95. The van der Waals surface area contributed by atoms with E-state index >= 15 is 0 Å². The quantitative estimate of drug-likeness (QED) is 0.670. The van der Waals surface area contributed by atoms with Gasteiger partial charge >= 0.3 is 0 Å². The van der Waals surface area contributed by atoms with Crippen LogP contribution in [0, 0.1) is 0 Å².